The Morgan fingerprint density at radius 2 is 2.54 bits per heavy atom. The van der Waals surface area contributed by atoms with Crippen molar-refractivity contribution in [2.45, 2.75) is 12.5 Å². The van der Waals surface area contributed by atoms with Crippen LogP contribution in [0.25, 0.3) is 0 Å². The lowest BCUT2D eigenvalue weighted by Crippen LogP contribution is -2.55. The van der Waals surface area contributed by atoms with E-state index in [4.69, 9.17) is 0 Å². The fourth-order valence-corrected chi connectivity index (χ4v) is 1.45. The van der Waals surface area contributed by atoms with Crippen LogP contribution in [0.1, 0.15) is 5.56 Å². The van der Waals surface area contributed by atoms with Gasteiger partial charge in [-0.25, -0.2) is 0 Å². The van der Waals surface area contributed by atoms with E-state index in [0.29, 0.717) is 6.04 Å². The summed E-state index contributed by atoms with van der Waals surface area (Å²) in [5.74, 6) is 0. The van der Waals surface area contributed by atoms with Gasteiger partial charge in [0.15, 0.2) is 0 Å². The maximum absolute atomic E-state index is 4.13. The molecular formula is C9H16N4. The first-order valence-corrected chi connectivity index (χ1v) is 4.76. The van der Waals surface area contributed by atoms with Crippen LogP contribution in [0.2, 0.25) is 0 Å². The summed E-state index contributed by atoms with van der Waals surface area (Å²) >= 11 is 0. The third kappa shape index (κ3) is 2.29. The Labute approximate surface area is 78.3 Å². The standard InChI is InChI=1S/C9H16N4/c1-13-7-8(4-12-13)2-3-11-9-5-10-6-9/h4,7,9-11H,2-3,5-6H2,1H3. The first-order chi connectivity index (χ1) is 6.34. The molecule has 1 aromatic heterocycles. The third-order valence-corrected chi connectivity index (χ3v) is 2.39. The molecule has 0 aromatic carbocycles. The zero-order chi connectivity index (χ0) is 9.10. The maximum atomic E-state index is 4.13. The van der Waals surface area contributed by atoms with Crippen molar-refractivity contribution >= 4 is 0 Å². The zero-order valence-electron chi connectivity index (χ0n) is 7.95. The van der Waals surface area contributed by atoms with Crippen LogP contribution in [-0.2, 0) is 13.5 Å². The van der Waals surface area contributed by atoms with Crippen molar-refractivity contribution in [2.24, 2.45) is 7.05 Å². The molecule has 1 fully saturated rings. The van der Waals surface area contributed by atoms with Gasteiger partial charge >= 0.3 is 0 Å². The normalized spacial score (nSPS) is 17.3. The highest BCUT2D eigenvalue weighted by atomic mass is 15.2. The summed E-state index contributed by atoms with van der Waals surface area (Å²) in [7, 11) is 1.95. The van der Waals surface area contributed by atoms with Crippen LogP contribution < -0.4 is 10.6 Å². The smallest absolute Gasteiger partial charge is 0.0522 e. The minimum atomic E-state index is 0.691. The van der Waals surface area contributed by atoms with E-state index in [0.717, 1.165) is 26.1 Å². The Morgan fingerprint density at radius 3 is 3.08 bits per heavy atom. The number of nitrogens with zero attached hydrogens (tertiary/aromatic N) is 2. The molecule has 2 N–H and O–H groups in total. The number of aryl methyl sites for hydroxylation is 1. The van der Waals surface area contributed by atoms with Crippen LogP contribution in [-0.4, -0.2) is 35.5 Å². The van der Waals surface area contributed by atoms with E-state index in [-0.39, 0.29) is 0 Å². The maximum Gasteiger partial charge on any atom is 0.0522 e. The SMILES string of the molecule is Cn1cc(CCNC2CNC2)cn1. The van der Waals surface area contributed by atoms with E-state index in [1.54, 1.807) is 0 Å². The molecule has 4 nitrogen and oxygen atoms in total. The molecule has 72 valence electrons. The second-order valence-corrected chi connectivity index (χ2v) is 3.58. The molecule has 0 unspecified atom stereocenters. The van der Waals surface area contributed by atoms with E-state index in [1.165, 1.54) is 5.56 Å². The van der Waals surface area contributed by atoms with E-state index >= 15 is 0 Å². The summed E-state index contributed by atoms with van der Waals surface area (Å²) in [4.78, 5) is 0. The molecule has 2 heterocycles. The van der Waals surface area contributed by atoms with Crippen LogP contribution >= 0.6 is 0 Å². The highest BCUT2D eigenvalue weighted by Crippen LogP contribution is 1.97. The second kappa shape index (κ2) is 3.89. The molecule has 0 saturated carbocycles. The molecule has 0 amide bonds. The minimum absolute atomic E-state index is 0.691. The van der Waals surface area contributed by atoms with Gasteiger partial charge in [0, 0.05) is 32.4 Å². The summed E-state index contributed by atoms with van der Waals surface area (Å²) in [6, 6.07) is 0.691. The quantitative estimate of drug-likeness (QED) is 0.658. The van der Waals surface area contributed by atoms with Gasteiger partial charge in [-0.1, -0.05) is 0 Å². The molecule has 4 heteroatoms. The largest absolute Gasteiger partial charge is 0.314 e. The van der Waals surface area contributed by atoms with Crippen LogP contribution in [0.4, 0.5) is 0 Å². The minimum Gasteiger partial charge on any atom is -0.314 e. The zero-order valence-corrected chi connectivity index (χ0v) is 7.95. The van der Waals surface area contributed by atoms with Crippen LogP contribution in [0, 0.1) is 0 Å². The Bertz CT molecular complexity index is 264. The number of nitrogens with one attached hydrogen (secondary N) is 2. The molecule has 0 aliphatic carbocycles. The van der Waals surface area contributed by atoms with Crippen molar-refractivity contribution in [3.63, 3.8) is 0 Å². The molecule has 1 aliphatic heterocycles. The molecule has 0 radical (unpaired) electrons. The van der Waals surface area contributed by atoms with Crippen molar-refractivity contribution in [3.8, 4) is 0 Å². The van der Waals surface area contributed by atoms with Gasteiger partial charge in [-0.15, -0.1) is 0 Å². The van der Waals surface area contributed by atoms with Crippen molar-refractivity contribution in [1.29, 1.82) is 0 Å². The molecule has 1 aliphatic rings. The van der Waals surface area contributed by atoms with E-state index in [9.17, 15) is 0 Å². The van der Waals surface area contributed by atoms with E-state index in [2.05, 4.69) is 21.9 Å². The number of aromatic nitrogens is 2. The molecule has 13 heavy (non-hydrogen) atoms. The molecular weight excluding hydrogens is 164 g/mol. The molecule has 1 saturated heterocycles. The van der Waals surface area contributed by atoms with Crippen LogP contribution in [0.15, 0.2) is 12.4 Å². The monoisotopic (exact) mass is 180 g/mol. The lowest BCUT2D eigenvalue weighted by Gasteiger charge is -2.28. The van der Waals surface area contributed by atoms with E-state index in [1.807, 2.05) is 17.9 Å². The average molecular weight is 180 g/mol. The van der Waals surface area contributed by atoms with Gasteiger partial charge in [0.1, 0.15) is 0 Å². The lowest BCUT2D eigenvalue weighted by molar-refractivity contribution is 0.369. The van der Waals surface area contributed by atoms with Gasteiger partial charge in [-0.05, 0) is 18.5 Å². The van der Waals surface area contributed by atoms with Crippen LogP contribution in [0.5, 0.6) is 0 Å². The van der Waals surface area contributed by atoms with Crippen molar-refractivity contribution in [2.75, 3.05) is 19.6 Å². The topological polar surface area (TPSA) is 41.9 Å². The number of hydrogen-bond acceptors (Lipinski definition) is 3. The van der Waals surface area contributed by atoms with Crippen LogP contribution in [0.3, 0.4) is 0 Å². The molecule has 0 spiro atoms. The number of hydrogen-bond donors (Lipinski definition) is 2. The Kier molecular flexibility index (Phi) is 2.61. The highest BCUT2D eigenvalue weighted by Gasteiger charge is 2.14. The molecule has 0 bridgehead atoms. The van der Waals surface area contributed by atoms with Gasteiger partial charge in [-0.2, -0.15) is 5.10 Å². The molecule has 1 aromatic rings. The highest BCUT2D eigenvalue weighted by molar-refractivity contribution is 5.04. The summed E-state index contributed by atoms with van der Waals surface area (Å²) in [5, 5.41) is 10.8. The summed E-state index contributed by atoms with van der Waals surface area (Å²) in [6.07, 6.45) is 5.08. The average Bonchev–Trinajstić information content (AvgIpc) is 2.42. The predicted molar refractivity (Wildman–Crippen MR) is 51.6 cm³/mol. The lowest BCUT2D eigenvalue weighted by atomic mass is 10.1. The fraction of sp³-hybridized carbons (Fsp3) is 0.667. The summed E-state index contributed by atoms with van der Waals surface area (Å²) in [6.45, 7) is 3.29. The van der Waals surface area contributed by atoms with Crippen molar-refractivity contribution in [1.82, 2.24) is 20.4 Å². The Morgan fingerprint density at radius 1 is 1.69 bits per heavy atom. The fourth-order valence-electron chi connectivity index (χ4n) is 1.45. The predicted octanol–water partition coefficient (Wildman–Crippen LogP) is -0.476. The van der Waals surface area contributed by atoms with Gasteiger partial charge in [0.2, 0.25) is 0 Å². The molecule has 2 rings (SSSR count). The van der Waals surface area contributed by atoms with Gasteiger partial charge < -0.3 is 10.6 Å². The van der Waals surface area contributed by atoms with Gasteiger partial charge in [0.25, 0.3) is 0 Å². The van der Waals surface area contributed by atoms with Crippen molar-refractivity contribution < 1.29 is 0 Å². The Hall–Kier alpha value is -0.870. The molecule has 0 atom stereocenters. The number of rotatable bonds is 4. The first-order valence-electron chi connectivity index (χ1n) is 4.76. The van der Waals surface area contributed by atoms with Gasteiger partial charge in [-0.3, -0.25) is 4.68 Å². The third-order valence-electron chi connectivity index (χ3n) is 2.39. The van der Waals surface area contributed by atoms with E-state index < -0.39 is 0 Å². The van der Waals surface area contributed by atoms with Gasteiger partial charge in [0.05, 0.1) is 6.20 Å². The van der Waals surface area contributed by atoms with Crippen molar-refractivity contribution in [3.05, 3.63) is 18.0 Å². The second-order valence-electron chi connectivity index (χ2n) is 3.58. The Balaban J connectivity index is 1.67. The summed E-state index contributed by atoms with van der Waals surface area (Å²) in [5.41, 5.74) is 1.31. The summed E-state index contributed by atoms with van der Waals surface area (Å²) < 4.78 is 1.85. The first kappa shape index (κ1) is 8.72.